The van der Waals surface area contributed by atoms with Gasteiger partial charge in [0, 0.05) is 0 Å². The smallest absolute Gasteiger partial charge is 0.452 e. The van der Waals surface area contributed by atoms with Crippen molar-refractivity contribution >= 4 is 21.2 Å². The van der Waals surface area contributed by atoms with E-state index in [9.17, 15) is 9.59 Å². The van der Waals surface area contributed by atoms with Gasteiger partial charge in [0.1, 0.15) is 0 Å². The number of unbranched alkanes of at least 4 members (excludes halogenated alkanes) is 1. The summed E-state index contributed by atoms with van der Waals surface area (Å²) in [7, 11) is -1.68. The van der Waals surface area contributed by atoms with E-state index in [0.717, 1.165) is 12.8 Å². The summed E-state index contributed by atoms with van der Waals surface area (Å²) in [6, 6.07) is 0. The standard InChI is InChI=1S/C12H24N2O4Si/c1-6-7-8-17-11(15)13-14-12(16)18-19(9(2)3)10(4)5/h9-10,19H,6-8H2,1-5H3. The lowest BCUT2D eigenvalue weighted by atomic mass is 10.4. The van der Waals surface area contributed by atoms with Gasteiger partial charge in [0.25, 0.3) is 0 Å². The molecule has 0 aliphatic rings. The highest BCUT2D eigenvalue weighted by Gasteiger charge is 2.24. The Kier molecular flexibility index (Phi) is 9.02. The van der Waals surface area contributed by atoms with Crippen LogP contribution in [0.2, 0.25) is 11.1 Å². The van der Waals surface area contributed by atoms with Crippen LogP contribution >= 0.6 is 0 Å². The fraction of sp³-hybridized carbons (Fsp3) is 0.833. The zero-order chi connectivity index (χ0) is 14.8. The highest BCUT2D eigenvalue weighted by atomic mass is 28.3. The first-order chi connectivity index (χ1) is 8.88. The van der Waals surface area contributed by atoms with Crippen molar-refractivity contribution in [2.45, 2.75) is 58.5 Å². The number of azo groups is 1. The van der Waals surface area contributed by atoms with E-state index in [1.54, 1.807) is 0 Å². The Bertz CT molecular complexity index is 311. The molecule has 0 N–H and O–H groups in total. The van der Waals surface area contributed by atoms with Crippen LogP contribution in [0.1, 0.15) is 47.5 Å². The van der Waals surface area contributed by atoms with Crippen LogP contribution < -0.4 is 0 Å². The fourth-order valence-electron chi connectivity index (χ4n) is 1.60. The van der Waals surface area contributed by atoms with Crippen molar-refractivity contribution in [2.75, 3.05) is 6.61 Å². The highest BCUT2D eigenvalue weighted by molar-refractivity contribution is 6.56. The van der Waals surface area contributed by atoms with Crippen molar-refractivity contribution in [1.29, 1.82) is 0 Å². The largest absolute Gasteiger partial charge is 0.503 e. The van der Waals surface area contributed by atoms with Crippen LogP contribution in [0.15, 0.2) is 10.2 Å². The molecule has 110 valence electrons. The number of rotatable bonds is 6. The highest BCUT2D eigenvalue weighted by Crippen LogP contribution is 2.21. The summed E-state index contributed by atoms with van der Waals surface area (Å²) in [4.78, 5) is 22.5. The maximum absolute atomic E-state index is 11.4. The number of carbonyl (C=O) groups is 2. The zero-order valence-electron chi connectivity index (χ0n) is 12.4. The first kappa shape index (κ1) is 17.8. The Morgan fingerprint density at radius 2 is 1.58 bits per heavy atom. The molecule has 19 heavy (non-hydrogen) atoms. The van der Waals surface area contributed by atoms with Gasteiger partial charge in [-0.2, -0.15) is 0 Å². The van der Waals surface area contributed by atoms with E-state index >= 15 is 0 Å². The molecule has 0 aliphatic heterocycles. The van der Waals surface area contributed by atoms with Crippen LogP contribution in [-0.2, 0) is 9.16 Å². The maximum atomic E-state index is 11.4. The first-order valence-corrected chi connectivity index (χ1v) is 8.48. The Morgan fingerprint density at radius 1 is 1.05 bits per heavy atom. The monoisotopic (exact) mass is 288 g/mol. The number of hydrogen-bond donors (Lipinski definition) is 0. The third-order valence-corrected chi connectivity index (χ3v) is 5.59. The minimum absolute atomic E-state index is 0.290. The Hall–Kier alpha value is -1.24. The van der Waals surface area contributed by atoms with Crippen molar-refractivity contribution < 1.29 is 18.8 Å². The third kappa shape index (κ3) is 8.47. The van der Waals surface area contributed by atoms with Crippen LogP contribution in [0, 0.1) is 0 Å². The molecule has 0 heterocycles. The maximum Gasteiger partial charge on any atom is 0.452 e. The molecule has 6 nitrogen and oxygen atoms in total. The van der Waals surface area contributed by atoms with Crippen molar-refractivity contribution in [3.63, 3.8) is 0 Å². The molecule has 0 aromatic rings. The number of nitrogens with zero attached hydrogens (tertiary/aromatic N) is 2. The quantitative estimate of drug-likeness (QED) is 0.419. The van der Waals surface area contributed by atoms with Gasteiger partial charge in [-0.05, 0) is 17.5 Å². The van der Waals surface area contributed by atoms with Crippen molar-refractivity contribution in [3.8, 4) is 0 Å². The van der Waals surface area contributed by atoms with Gasteiger partial charge in [0.15, 0.2) is 0 Å². The normalized spacial score (nSPS) is 11.6. The average Bonchev–Trinajstić information content (AvgIpc) is 2.33. The summed E-state index contributed by atoms with van der Waals surface area (Å²) in [6.07, 6.45) is 0.0356. The second kappa shape index (κ2) is 9.66. The summed E-state index contributed by atoms with van der Waals surface area (Å²) >= 11 is 0. The van der Waals surface area contributed by atoms with Gasteiger partial charge in [-0.25, -0.2) is 9.59 Å². The number of ether oxygens (including phenoxy) is 1. The summed E-state index contributed by atoms with van der Waals surface area (Å²) in [5.74, 6) is 0. The topological polar surface area (TPSA) is 77.3 Å². The van der Waals surface area contributed by atoms with E-state index in [0.29, 0.717) is 17.7 Å². The summed E-state index contributed by atoms with van der Waals surface area (Å²) in [6.45, 7) is 10.3. The van der Waals surface area contributed by atoms with Crippen molar-refractivity contribution in [2.24, 2.45) is 10.2 Å². The molecule has 2 amide bonds. The molecule has 0 bridgehead atoms. The molecule has 0 fully saturated rings. The van der Waals surface area contributed by atoms with Gasteiger partial charge in [0.2, 0.25) is 9.04 Å². The zero-order valence-corrected chi connectivity index (χ0v) is 13.5. The van der Waals surface area contributed by atoms with Crippen LogP contribution in [0.25, 0.3) is 0 Å². The molecular weight excluding hydrogens is 264 g/mol. The van der Waals surface area contributed by atoms with E-state index in [1.807, 2.05) is 34.6 Å². The van der Waals surface area contributed by atoms with E-state index in [4.69, 9.17) is 9.16 Å². The molecule has 0 atom stereocenters. The van der Waals surface area contributed by atoms with Crippen molar-refractivity contribution in [3.05, 3.63) is 0 Å². The van der Waals surface area contributed by atoms with E-state index in [-0.39, 0.29) is 0 Å². The van der Waals surface area contributed by atoms with E-state index in [2.05, 4.69) is 10.2 Å². The molecule has 7 heteroatoms. The summed E-state index contributed by atoms with van der Waals surface area (Å²) in [5.41, 5.74) is 0.631. The summed E-state index contributed by atoms with van der Waals surface area (Å²) in [5, 5.41) is 6.41. The molecule has 0 saturated carbocycles. The average molecular weight is 288 g/mol. The second-order valence-corrected chi connectivity index (χ2v) is 8.84. The predicted molar refractivity (Wildman–Crippen MR) is 74.9 cm³/mol. The van der Waals surface area contributed by atoms with Gasteiger partial charge in [-0.3, -0.25) is 0 Å². The lowest BCUT2D eigenvalue weighted by Crippen LogP contribution is -2.27. The molecular formula is C12H24N2O4Si. The van der Waals surface area contributed by atoms with Gasteiger partial charge in [0.05, 0.1) is 6.61 Å². The number of carbonyl (C=O) groups excluding carboxylic acids is 2. The second-order valence-electron chi connectivity index (χ2n) is 5.00. The predicted octanol–water partition coefficient (Wildman–Crippen LogP) is 4.06. The van der Waals surface area contributed by atoms with E-state index < -0.39 is 21.2 Å². The van der Waals surface area contributed by atoms with Gasteiger partial charge in [-0.1, -0.05) is 51.3 Å². The molecule has 0 saturated heterocycles. The summed E-state index contributed by atoms with van der Waals surface area (Å²) < 4.78 is 10.0. The fourth-order valence-corrected chi connectivity index (χ4v) is 3.96. The minimum atomic E-state index is -1.68. The number of hydrogen-bond acceptors (Lipinski definition) is 4. The first-order valence-electron chi connectivity index (χ1n) is 6.67. The van der Waals surface area contributed by atoms with Crippen molar-refractivity contribution in [1.82, 2.24) is 0 Å². The molecule has 0 aliphatic carbocycles. The Labute approximate surface area is 116 Å². The Balaban J connectivity index is 4.18. The molecule has 0 radical (unpaired) electrons. The Morgan fingerprint density at radius 3 is 2.05 bits per heavy atom. The van der Waals surface area contributed by atoms with Crippen LogP contribution in [0.4, 0.5) is 9.59 Å². The lowest BCUT2D eigenvalue weighted by Gasteiger charge is -2.21. The van der Waals surface area contributed by atoms with Gasteiger partial charge < -0.3 is 9.16 Å². The van der Waals surface area contributed by atoms with Crippen LogP contribution in [0.5, 0.6) is 0 Å². The lowest BCUT2D eigenvalue weighted by molar-refractivity contribution is 0.152. The third-order valence-electron chi connectivity index (χ3n) is 2.49. The number of amides is 2. The van der Waals surface area contributed by atoms with E-state index in [1.165, 1.54) is 0 Å². The minimum Gasteiger partial charge on any atom is -0.503 e. The van der Waals surface area contributed by atoms with Gasteiger partial charge in [-0.15, -0.1) is 0 Å². The SMILES string of the molecule is CCCCOC(=O)N=NC(=O)O[SiH](C(C)C)C(C)C. The van der Waals surface area contributed by atoms with Crippen LogP contribution in [-0.4, -0.2) is 27.8 Å². The van der Waals surface area contributed by atoms with Gasteiger partial charge >= 0.3 is 12.2 Å². The molecule has 0 unspecified atom stereocenters. The molecule has 0 aromatic carbocycles. The van der Waals surface area contributed by atoms with Crippen LogP contribution in [0.3, 0.4) is 0 Å². The molecule has 0 rings (SSSR count). The molecule has 0 aromatic heterocycles. The molecule has 0 spiro atoms.